The first-order valence-corrected chi connectivity index (χ1v) is 3.33. The molecular formula is C7H15NO. The highest BCUT2D eigenvalue weighted by Gasteiger charge is 2.07. The van der Waals surface area contributed by atoms with Crippen LogP contribution in [0.5, 0.6) is 0 Å². The second kappa shape index (κ2) is 3.49. The highest BCUT2D eigenvalue weighted by molar-refractivity contribution is 5.73. The van der Waals surface area contributed by atoms with E-state index in [1.165, 1.54) is 0 Å². The lowest BCUT2D eigenvalue weighted by Crippen LogP contribution is -2.32. The quantitative estimate of drug-likeness (QED) is 0.549. The summed E-state index contributed by atoms with van der Waals surface area (Å²) in [5, 5.41) is 0. The summed E-state index contributed by atoms with van der Waals surface area (Å²) >= 11 is 0. The Bertz CT molecular complexity index is 101. The summed E-state index contributed by atoms with van der Waals surface area (Å²) < 4.78 is 0. The molecule has 9 heavy (non-hydrogen) atoms. The van der Waals surface area contributed by atoms with Crippen molar-refractivity contribution in [2.45, 2.75) is 33.2 Å². The van der Waals surface area contributed by atoms with Crippen LogP contribution in [0.1, 0.15) is 27.2 Å². The van der Waals surface area contributed by atoms with Gasteiger partial charge >= 0.3 is 0 Å². The van der Waals surface area contributed by atoms with Gasteiger partial charge in [-0.15, -0.1) is 0 Å². The van der Waals surface area contributed by atoms with E-state index >= 15 is 0 Å². The van der Waals surface area contributed by atoms with Gasteiger partial charge in [0.05, 0.1) is 0 Å². The predicted molar refractivity (Wildman–Crippen MR) is 38.2 cm³/mol. The van der Waals surface area contributed by atoms with E-state index in [9.17, 15) is 4.79 Å². The van der Waals surface area contributed by atoms with Crippen LogP contribution in [-0.4, -0.2) is 23.9 Å². The standard InChI is InChI=1S/C7H15NO/c1-5-6(2)8(4)7(3)9/h6H,5H2,1-4H3/t6-/m0/s1. The van der Waals surface area contributed by atoms with Crippen LogP contribution in [-0.2, 0) is 4.79 Å². The molecule has 0 rings (SSSR count). The van der Waals surface area contributed by atoms with E-state index in [0.29, 0.717) is 6.04 Å². The van der Waals surface area contributed by atoms with Crippen molar-refractivity contribution < 1.29 is 4.79 Å². The second-order valence-electron chi connectivity index (χ2n) is 2.39. The average molecular weight is 129 g/mol. The van der Waals surface area contributed by atoms with E-state index in [1.807, 2.05) is 14.0 Å². The Hall–Kier alpha value is -0.530. The molecule has 1 amide bonds. The minimum atomic E-state index is 0.143. The Morgan fingerprint density at radius 3 is 2.22 bits per heavy atom. The van der Waals surface area contributed by atoms with Crippen LogP contribution < -0.4 is 0 Å². The van der Waals surface area contributed by atoms with E-state index < -0.39 is 0 Å². The van der Waals surface area contributed by atoms with Crippen molar-refractivity contribution in [3.8, 4) is 0 Å². The van der Waals surface area contributed by atoms with E-state index in [2.05, 4.69) is 6.92 Å². The molecule has 0 aliphatic heterocycles. The molecule has 54 valence electrons. The molecule has 1 atom stereocenters. The molecule has 0 bridgehead atoms. The molecule has 0 heterocycles. The number of amides is 1. The number of hydrogen-bond acceptors (Lipinski definition) is 1. The number of carbonyl (C=O) groups is 1. The molecule has 0 unspecified atom stereocenters. The van der Waals surface area contributed by atoms with Gasteiger partial charge < -0.3 is 4.90 Å². The zero-order chi connectivity index (χ0) is 7.44. The van der Waals surface area contributed by atoms with Gasteiger partial charge in [-0.1, -0.05) is 6.92 Å². The molecule has 0 saturated heterocycles. The molecule has 2 heteroatoms. The zero-order valence-corrected chi connectivity index (χ0v) is 6.64. The molecule has 0 spiro atoms. The average Bonchev–Trinajstić information content (AvgIpc) is 1.84. The third-order valence-electron chi connectivity index (χ3n) is 1.75. The van der Waals surface area contributed by atoms with Crippen LogP contribution >= 0.6 is 0 Å². The van der Waals surface area contributed by atoms with Gasteiger partial charge in [-0.3, -0.25) is 4.79 Å². The number of nitrogens with zero attached hydrogens (tertiary/aromatic N) is 1. The summed E-state index contributed by atoms with van der Waals surface area (Å²) in [6, 6.07) is 0.377. The molecule has 0 N–H and O–H groups in total. The molecular weight excluding hydrogens is 114 g/mol. The summed E-state index contributed by atoms with van der Waals surface area (Å²) in [7, 11) is 1.83. The summed E-state index contributed by atoms with van der Waals surface area (Å²) in [6.45, 7) is 5.71. The Labute approximate surface area is 56.9 Å². The Morgan fingerprint density at radius 1 is 1.67 bits per heavy atom. The van der Waals surface area contributed by atoms with E-state index in [1.54, 1.807) is 11.8 Å². The maximum absolute atomic E-state index is 10.7. The van der Waals surface area contributed by atoms with E-state index in [4.69, 9.17) is 0 Å². The summed E-state index contributed by atoms with van der Waals surface area (Å²) in [5.41, 5.74) is 0. The maximum atomic E-state index is 10.7. The van der Waals surface area contributed by atoms with Crippen molar-refractivity contribution in [2.75, 3.05) is 7.05 Å². The third kappa shape index (κ3) is 2.49. The summed E-state index contributed by atoms with van der Waals surface area (Å²) in [6.07, 6.45) is 1.02. The lowest BCUT2D eigenvalue weighted by molar-refractivity contribution is -0.129. The fourth-order valence-corrected chi connectivity index (χ4v) is 0.584. The van der Waals surface area contributed by atoms with Gasteiger partial charge in [0.15, 0.2) is 0 Å². The van der Waals surface area contributed by atoms with Crippen LogP contribution in [0, 0.1) is 0 Å². The number of carbonyl (C=O) groups excluding carboxylic acids is 1. The molecule has 0 aliphatic carbocycles. The maximum Gasteiger partial charge on any atom is 0.219 e. The van der Waals surface area contributed by atoms with Crippen molar-refractivity contribution in [3.05, 3.63) is 0 Å². The van der Waals surface area contributed by atoms with Gasteiger partial charge in [0.2, 0.25) is 5.91 Å². The first-order chi connectivity index (χ1) is 4.09. The third-order valence-corrected chi connectivity index (χ3v) is 1.75. The highest BCUT2D eigenvalue weighted by Crippen LogP contribution is 1.98. The molecule has 2 nitrogen and oxygen atoms in total. The molecule has 0 aliphatic rings. The Balaban J connectivity index is 3.72. The first-order valence-electron chi connectivity index (χ1n) is 3.33. The summed E-state index contributed by atoms with van der Waals surface area (Å²) in [5.74, 6) is 0.143. The van der Waals surface area contributed by atoms with Gasteiger partial charge in [-0.2, -0.15) is 0 Å². The van der Waals surface area contributed by atoms with Gasteiger partial charge in [0.1, 0.15) is 0 Å². The fourth-order valence-electron chi connectivity index (χ4n) is 0.584. The van der Waals surface area contributed by atoms with Crippen molar-refractivity contribution in [2.24, 2.45) is 0 Å². The molecule has 0 saturated carbocycles. The van der Waals surface area contributed by atoms with E-state index in [-0.39, 0.29) is 5.91 Å². The SMILES string of the molecule is CC[C@H](C)N(C)C(C)=O. The van der Waals surface area contributed by atoms with Crippen molar-refractivity contribution in [1.29, 1.82) is 0 Å². The number of rotatable bonds is 2. The fraction of sp³-hybridized carbons (Fsp3) is 0.857. The smallest absolute Gasteiger partial charge is 0.219 e. The largest absolute Gasteiger partial charge is 0.343 e. The van der Waals surface area contributed by atoms with Crippen molar-refractivity contribution in [1.82, 2.24) is 4.90 Å². The highest BCUT2D eigenvalue weighted by atomic mass is 16.2. The minimum Gasteiger partial charge on any atom is -0.343 e. The van der Waals surface area contributed by atoms with Crippen LogP contribution in [0.15, 0.2) is 0 Å². The van der Waals surface area contributed by atoms with Gasteiger partial charge in [0, 0.05) is 20.0 Å². The van der Waals surface area contributed by atoms with Gasteiger partial charge in [-0.05, 0) is 13.3 Å². The van der Waals surface area contributed by atoms with Gasteiger partial charge in [-0.25, -0.2) is 0 Å². The number of hydrogen-bond donors (Lipinski definition) is 0. The van der Waals surface area contributed by atoms with Crippen LogP contribution in [0.2, 0.25) is 0 Å². The Morgan fingerprint density at radius 2 is 2.11 bits per heavy atom. The van der Waals surface area contributed by atoms with Crippen LogP contribution in [0.25, 0.3) is 0 Å². The lowest BCUT2D eigenvalue weighted by atomic mass is 10.2. The molecule has 0 aromatic rings. The predicted octanol–water partition coefficient (Wildman–Crippen LogP) is 1.26. The summed E-state index contributed by atoms with van der Waals surface area (Å²) in [4.78, 5) is 12.4. The van der Waals surface area contributed by atoms with Crippen molar-refractivity contribution in [3.63, 3.8) is 0 Å². The Kier molecular flexibility index (Phi) is 3.28. The van der Waals surface area contributed by atoms with Crippen LogP contribution in [0.4, 0.5) is 0 Å². The molecule has 0 fully saturated rings. The van der Waals surface area contributed by atoms with Gasteiger partial charge in [0.25, 0.3) is 0 Å². The molecule has 0 aromatic heterocycles. The van der Waals surface area contributed by atoms with E-state index in [0.717, 1.165) is 6.42 Å². The lowest BCUT2D eigenvalue weighted by Gasteiger charge is -2.21. The monoisotopic (exact) mass is 129 g/mol. The molecule has 0 aromatic carbocycles. The second-order valence-corrected chi connectivity index (χ2v) is 2.39. The topological polar surface area (TPSA) is 20.3 Å². The normalized spacial score (nSPS) is 12.9. The first kappa shape index (κ1) is 8.47. The van der Waals surface area contributed by atoms with Crippen LogP contribution in [0.3, 0.4) is 0 Å². The minimum absolute atomic E-state index is 0.143. The zero-order valence-electron chi connectivity index (χ0n) is 6.64. The van der Waals surface area contributed by atoms with Crippen molar-refractivity contribution >= 4 is 5.91 Å². The molecule has 0 radical (unpaired) electrons.